The predicted octanol–water partition coefficient (Wildman–Crippen LogP) is 8.54. The molecule has 0 radical (unpaired) electrons. The zero-order chi connectivity index (χ0) is 35.9. The third-order valence-electron chi connectivity index (χ3n) is 10.9. The number of benzene rings is 3. The van der Waals surface area contributed by atoms with Crippen LogP contribution in [0, 0.1) is 24.7 Å². The fraction of sp³-hybridized carbons (Fsp3) is 0.366. The molecule has 0 unspecified atom stereocenters. The summed E-state index contributed by atoms with van der Waals surface area (Å²) >= 11 is 13.3. The average Bonchev–Trinajstić information content (AvgIpc) is 3.09. The number of amides is 3. The zero-order valence-electron chi connectivity index (χ0n) is 29.1. The molecule has 4 aromatic rings. The molecule has 4 bridgehead atoms. The summed E-state index contributed by atoms with van der Waals surface area (Å²) in [6, 6.07) is 20.8. The van der Waals surface area contributed by atoms with E-state index in [9.17, 15) is 14.4 Å². The summed E-state index contributed by atoms with van der Waals surface area (Å²) in [5.41, 5.74) is 4.24. The first-order valence-electron chi connectivity index (χ1n) is 17.6. The maximum Gasteiger partial charge on any atom is 0.246 e. The smallest absolute Gasteiger partial charge is 0.246 e. The van der Waals surface area contributed by atoms with Crippen molar-refractivity contribution in [2.24, 2.45) is 17.8 Å². The number of ether oxygens (including phenoxy) is 1. The third kappa shape index (κ3) is 7.22. The van der Waals surface area contributed by atoms with Crippen molar-refractivity contribution in [3.63, 3.8) is 0 Å². The van der Waals surface area contributed by atoms with Crippen molar-refractivity contribution >= 4 is 69.3 Å². The third-order valence-corrected chi connectivity index (χ3v) is 11.7. The monoisotopic (exact) mass is 724 g/mol. The van der Waals surface area contributed by atoms with Crippen molar-refractivity contribution < 1.29 is 19.1 Å². The highest BCUT2D eigenvalue weighted by molar-refractivity contribution is 6.38. The number of nitrogens with one attached hydrogen (secondary N) is 1. The molecule has 0 spiro atoms. The summed E-state index contributed by atoms with van der Waals surface area (Å²) in [7, 11) is 1.59. The Bertz CT molecular complexity index is 1990. The standard InChI is InChI=1S/C41H42Cl2N4O4/c1-25-7-11-31-5-4-6-36(40(31)45-25)51-24-33-34(42)14-15-35(39(33)43)46(3)38(50)23-44-37(49)16-10-27-8-12-32(13-9-27)47(26(2)48)41-20-28-17-29(21-41)19-30(18-28)22-41/h4-16,28-30H,17-24H2,1-3H3,(H,44,49). The summed E-state index contributed by atoms with van der Waals surface area (Å²) in [4.78, 5) is 46.9. The van der Waals surface area contributed by atoms with Crippen LogP contribution >= 0.6 is 23.2 Å². The maximum absolute atomic E-state index is 13.1. The molecule has 4 aliphatic carbocycles. The van der Waals surface area contributed by atoms with Crippen molar-refractivity contribution in [2.45, 2.75) is 64.5 Å². The van der Waals surface area contributed by atoms with Crippen LogP contribution in [0.3, 0.4) is 0 Å². The van der Waals surface area contributed by atoms with E-state index in [-0.39, 0.29) is 35.5 Å². The van der Waals surface area contributed by atoms with Crippen LogP contribution in [0.4, 0.5) is 11.4 Å². The van der Waals surface area contributed by atoms with Gasteiger partial charge in [-0.2, -0.15) is 0 Å². The molecule has 8 rings (SSSR count). The highest BCUT2D eigenvalue weighted by Gasteiger charge is 2.54. The molecule has 4 fully saturated rings. The van der Waals surface area contributed by atoms with Gasteiger partial charge in [0, 0.05) is 52.9 Å². The van der Waals surface area contributed by atoms with Gasteiger partial charge < -0.3 is 19.9 Å². The second-order valence-electron chi connectivity index (χ2n) is 14.5. The van der Waals surface area contributed by atoms with E-state index in [1.54, 1.807) is 32.2 Å². The number of hydrogen-bond donors (Lipinski definition) is 1. The number of carbonyl (C=O) groups is 3. The fourth-order valence-electron chi connectivity index (χ4n) is 8.97. The Labute approximate surface area is 308 Å². The van der Waals surface area contributed by atoms with Crippen LogP contribution in [0.15, 0.2) is 72.8 Å². The van der Waals surface area contributed by atoms with E-state index in [0.717, 1.165) is 64.9 Å². The van der Waals surface area contributed by atoms with Crippen LogP contribution in [-0.4, -0.2) is 41.8 Å². The molecule has 3 amide bonds. The van der Waals surface area contributed by atoms with Gasteiger partial charge in [-0.15, -0.1) is 0 Å². The Morgan fingerprint density at radius 2 is 1.63 bits per heavy atom. The van der Waals surface area contributed by atoms with Crippen LogP contribution in [0.5, 0.6) is 5.75 Å². The number of hydrogen-bond acceptors (Lipinski definition) is 5. The lowest BCUT2D eigenvalue weighted by Gasteiger charge is -2.60. The quantitative estimate of drug-likeness (QED) is 0.166. The molecule has 1 aromatic heterocycles. The highest BCUT2D eigenvalue weighted by Crippen LogP contribution is 2.58. The number of pyridine rings is 1. The Balaban J connectivity index is 0.956. The SMILES string of the molecule is CC(=O)N(c1ccc(C=CC(=O)NCC(=O)N(C)c2ccc(Cl)c(COc3cccc4ccc(C)nc34)c2Cl)cc1)C12CC3CC(CC(C3)C1)C2. The first-order valence-corrected chi connectivity index (χ1v) is 18.3. The van der Waals surface area contributed by atoms with E-state index in [4.69, 9.17) is 27.9 Å². The number of fused-ring (bicyclic) bond motifs is 1. The van der Waals surface area contributed by atoms with Crippen molar-refractivity contribution in [3.8, 4) is 5.75 Å². The van der Waals surface area contributed by atoms with E-state index >= 15 is 0 Å². The number of rotatable bonds is 10. The van der Waals surface area contributed by atoms with Gasteiger partial charge in [-0.25, -0.2) is 4.98 Å². The lowest BCUT2D eigenvalue weighted by Crippen LogP contribution is -2.61. The van der Waals surface area contributed by atoms with Crippen LogP contribution in [0.1, 0.15) is 62.3 Å². The number of anilines is 2. The normalized spacial score (nSPS) is 21.9. The van der Waals surface area contributed by atoms with Crippen LogP contribution < -0.4 is 19.9 Å². The number of para-hydroxylation sites is 1. The summed E-state index contributed by atoms with van der Waals surface area (Å²) in [6.07, 6.45) is 10.3. The van der Waals surface area contributed by atoms with E-state index in [0.29, 0.717) is 22.0 Å². The topological polar surface area (TPSA) is 91.8 Å². The van der Waals surface area contributed by atoms with Gasteiger partial charge >= 0.3 is 0 Å². The molecule has 0 saturated heterocycles. The number of aromatic nitrogens is 1. The van der Waals surface area contributed by atoms with Crippen LogP contribution in [-0.2, 0) is 21.0 Å². The second-order valence-corrected chi connectivity index (χ2v) is 15.3. The maximum atomic E-state index is 13.1. The fourth-order valence-corrected chi connectivity index (χ4v) is 9.58. The van der Waals surface area contributed by atoms with Gasteiger partial charge in [-0.3, -0.25) is 14.4 Å². The first-order chi connectivity index (χ1) is 24.5. The van der Waals surface area contributed by atoms with Gasteiger partial charge in [0.25, 0.3) is 0 Å². The molecule has 1 heterocycles. The van der Waals surface area contributed by atoms with E-state index in [1.165, 1.54) is 30.2 Å². The number of carbonyl (C=O) groups excluding carboxylic acids is 3. The molecule has 4 aliphatic rings. The molecule has 0 atom stereocenters. The molecular formula is C41H42Cl2N4O4. The largest absolute Gasteiger partial charge is 0.487 e. The van der Waals surface area contributed by atoms with E-state index in [1.807, 2.05) is 61.5 Å². The minimum absolute atomic E-state index is 0.0693. The number of halogens is 2. The van der Waals surface area contributed by atoms with Crippen molar-refractivity contribution in [1.29, 1.82) is 0 Å². The Hall–Kier alpha value is -4.40. The highest BCUT2D eigenvalue weighted by atomic mass is 35.5. The van der Waals surface area contributed by atoms with Gasteiger partial charge in [-0.05, 0) is 111 Å². The molecular weight excluding hydrogens is 683 g/mol. The molecule has 3 aromatic carbocycles. The lowest BCUT2D eigenvalue weighted by atomic mass is 9.52. The second kappa shape index (κ2) is 14.3. The Kier molecular flexibility index (Phi) is 9.83. The molecule has 0 aliphatic heterocycles. The lowest BCUT2D eigenvalue weighted by molar-refractivity contribution is -0.122. The molecule has 4 saturated carbocycles. The number of nitrogens with zero attached hydrogens (tertiary/aromatic N) is 3. The summed E-state index contributed by atoms with van der Waals surface area (Å²) in [6.45, 7) is 3.43. The summed E-state index contributed by atoms with van der Waals surface area (Å²) in [5, 5.41) is 4.30. The molecule has 10 heteroatoms. The minimum atomic E-state index is -0.407. The molecule has 8 nitrogen and oxygen atoms in total. The van der Waals surface area contributed by atoms with Gasteiger partial charge in [-0.1, -0.05) is 53.5 Å². The Morgan fingerprint density at radius 1 is 0.941 bits per heavy atom. The Morgan fingerprint density at radius 3 is 2.29 bits per heavy atom. The van der Waals surface area contributed by atoms with Crippen molar-refractivity contribution in [3.05, 3.63) is 99.7 Å². The van der Waals surface area contributed by atoms with E-state index in [2.05, 4.69) is 15.2 Å². The van der Waals surface area contributed by atoms with Crippen molar-refractivity contribution in [2.75, 3.05) is 23.4 Å². The minimum Gasteiger partial charge on any atom is -0.487 e. The number of aryl methyl sites for hydroxylation is 1. The number of likely N-dealkylation sites (N-methyl/N-ethyl adjacent to an activating group) is 1. The van der Waals surface area contributed by atoms with Crippen LogP contribution in [0.2, 0.25) is 10.0 Å². The molecule has 1 N–H and O–H groups in total. The summed E-state index contributed by atoms with van der Waals surface area (Å²) < 4.78 is 6.12. The van der Waals surface area contributed by atoms with Crippen molar-refractivity contribution in [1.82, 2.24) is 10.3 Å². The summed E-state index contributed by atoms with van der Waals surface area (Å²) in [5.74, 6) is 2.11. The van der Waals surface area contributed by atoms with E-state index < -0.39 is 5.91 Å². The van der Waals surface area contributed by atoms with Gasteiger partial charge in [0.05, 0.1) is 17.3 Å². The van der Waals surface area contributed by atoms with Gasteiger partial charge in [0.2, 0.25) is 17.7 Å². The van der Waals surface area contributed by atoms with Gasteiger partial charge in [0.15, 0.2) is 0 Å². The molecule has 51 heavy (non-hydrogen) atoms. The van der Waals surface area contributed by atoms with Crippen LogP contribution in [0.25, 0.3) is 17.0 Å². The average molecular weight is 726 g/mol. The van der Waals surface area contributed by atoms with Gasteiger partial charge in [0.1, 0.15) is 17.9 Å². The predicted molar refractivity (Wildman–Crippen MR) is 203 cm³/mol. The molecule has 264 valence electrons. The first kappa shape index (κ1) is 35.0. The zero-order valence-corrected chi connectivity index (χ0v) is 30.6.